The minimum atomic E-state index is 0.465. The van der Waals surface area contributed by atoms with E-state index in [0.717, 1.165) is 5.92 Å². The fraction of sp³-hybridized carbons (Fsp3) is 0.625. The molecule has 0 radical (unpaired) electrons. The van der Waals surface area contributed by atoms with Crippen LogP contribution < -0.4 is 0 Å². The predicted molar refractivity (Wildman–Crippen MR) is 44.2 cm³/mol. The highest BCUT2D eigenvalue weighted by Crippen LogP contribution is 2.40. The molecular weight excluding hydrogens is 142 g/mol. The maximum Gasteiger partial charge on any atom is 0.0671 e. The van der Waals surface area contributed by atoms with Crippen LogP contribution in [0.25, 0.3) is 0 Å². The van der Waals surface area contributed by atoms with Gasteiger partial charge in [0.05, 0.1) is 11.2 Å². The van der Waals surface area contributed by atoms with Gasteiger partial charge in [-0.1, -0.05) is 12.2 Å². The van der Waals surface area contributed by atoms with Crippen molar-refractivity contribution in [1.29, 1.82) is 0 Å². The van der Waals surface area contributed by atoms with Gasteiger partial charge in [0.15, 0.2) is 0 Å². The summed E-state index contributed by atoms with van der Waals surface area (Å²) in [7, 11) is 0. The Bertz CT molecular complexity index is 215. The van der Waals surface area contributed by atoms with Crippen LogP contribution >= 0.6 is 12.2 Å². The average Bonchev–Trinajstić information content (AvgIpc) is 2.48. The molecule has 2 bridgehead atoms. The number of allylic oxidation sites excluding steroid dienone is 1. The van der Waals surface area contributed by atoms with Gasteiger partial charge in [0.2, 0.25) is 0 Å². The Morgan fingerprint density at radius 1 is 1.40 bits per heavy atom. The van der Waals surface area contributed by atoms with Crippen LogP contribution in [0.3, 0.4) is 0 Å². The summed E-state index contributed by atoms with van der Waals surface area (Å²) in [4.78, 5) is 4.12. The van der Waals surface area contributed by atoms with Crippen molar-refractivity contribution in [3.05, 3.63) is 12.2 Å². The van der Waals surface area contributed by atoms with Crippen LogP contribution in [-0.2, 0) is 0 Å². The molecule has 0 amide bonds. The number of rotatable bonds is 1. The molecule has 1 saturated carbocycles. The highest BCUT2D eigenvalue weighted by molar-refractivity contribution is 7.78. The Morgan fingerprint density at radius 3 is 2.80 bits per heavy atom. The first-order valence-electron chi connectivity index (χ1n) is 3.65. The van der Waals surface area contributed by atoms with E-state index < -0.39 is 0 Å². The summed E-state index contributed by atoms with van der Waals surface area (Å²) >= 11 is 4.56. The topological polar surface area (TPSA) is 12.4 Å². The summed E-state index contributed by atoms with van der Waals surface area (Å²) < 4.78 is 0. The van der Waals surface area contributed by atoms with E-state index in [-0.39, 0.29) is 0 Å². The zero-order valence-corrected chi connectivity index (χ0v) is 6.47. The number of hydrogen-bond acceptors (Lipinski definition) is 2. The quantitative estimate of drug-likeness (QED) is 0.317. The molecule has 1 nitrogen and oxygen atoms in total. The number of nitrogens with zero attached hydrogens (tertiary/aromatic N) is 1. The summed E-state index contributed by atoms with van der Waals surface area (Å²) in [6.45, 7) is 0. The minimum Gasteiger partial charge on any atom is -0.229 e. The van der Waals surface area contributed by atoms with Crippen molar-refractivity contribution in [2.45, 2.75) is 18.9 Å². The lowest BCUT2D eigenvalue weighted by Gasteiger charge is -2.09. The molecule has 0 N–H and O–H groups in total. The SMILES string of the molecule is S=C=NC1C[C@@H]2C=C[C@H]1C2. The Morgan fingerprint density at radius 2 is 2.30 bits per heavy atom. The molecule has 52 valence electrons. The number of thiocarbonyl (C=S) groups is 1. The maximum atomic E-state index is 4.56. The van der Waals surface area contributed by atoms with Crippen molar-refractivity contribution in [3.8, 4) is 0 Å². The molecule has 2 aliphatic carbocycles. The molecule has 2 aliphatic rings. The largest absolute Gasteiger partial charge is 0.229 e. The van der Waals surface area contributed by atoms with E-state index >= 15 is 0 Å². The van der Waals surface area contributed by atoms with Gasteiger partial charge in [0.25, 0.3) is 0 Å². The molecule has 0 aromatic heterocycles. The molecule has 0 heterocycles. The molecule has 0 saturated heterocycles. The maximum absolute atomic E-state index is 4.56. The van der Waals surface area contributed by atoms with Crippen molar-refractivity contribution in [2.75, 3.05) is 0 Å². The number of isothiocyanates is 1. The van der Waals surface area contributed by atoms with E-state index in [1.807, 2.05) is 0 Å². The monoisotopic (exact) mass is 151 g/mol. The van der Waals surface area contributed by atoms with Gasteiger partial charge < -0.3 is 0 Å². The van der Waals surface area contributed by atoms with Gasteiger partial charge in [0, 0.05) is 5.92 Å². The molecule has 0 aromatic rings. The van der Waals surface area contributed by atoms with Crippen LogP contribution in [0.1, 0.15) is 12.8 Å². The van der Waals surface area contributed by atoms with Crippen LogP contribution in [0.4, 0.5) is 0 Å². The lowest BCUT2D eigenvalue weighted by molar-refractivity contribution is 0.582. The van der Waals surface area contributed by atoms with Crippen molar-refractivity contribution in [2.24, 2.45) is 16.8 Å². The second kappa shape index (κ2) is 2.30. The lowest BCUT2D eigenvalue weighted by Crippen LogP contribution is -2.09. The Balaban J connectivity index is 2.16. The van der Waals surface area contributed by atoms with Crippen molar-refractivity contribution in [1.82, 2.24) is 0 Å². The van der Waals surface area contributed by atoms with E-state index in [1.165, 1.54) is 12.8 Å². The third kappa shape index (κ3) is 0.845. The fourth-order valence-corrected chi connectivity index (χ4v) is 2.10. The third-order valence-electron chi connectivity index (χ3n) is 2.46. The molecule has 3 atom stereocenters. The van der Waals surface area contributed by atoms with E-state index in [4.69, 9.17) is 0 Å². The summed E-state index contributed by atoms with van der Waals surface area (Å²) in [5, 5.41) is 2.47. The summed E-state index contributed by atoms with van der Waals surface area (Å²) in [6, 6.07) is 0.465. The molecular formula is C8H9NS. The zero-order valence-electron chi connectivity index (χ0n) is 5.66. The number of fused-ring (bicyclic) bond motifs is 2. The molecule has 10 heavy (non-hydrogen) atoms. The fourth-order valence-electron chi connectivity index (χ4n) is 1.97. The van der Waals surface area contributed by atoms with Gasteiger partial charge in [-0.3, -0.25) is 0 Å². The Kier molecular flexibility index (Phi) is 1.44. The third-order valence-corrected chi connectivity index (χ3v) is 2.57. The molecule has 1 unspecified atom stereocenters. The normalized spacial score (nSPS) is 41.8. The number of hydrogen-bond donors (Lipinski definition) is 0. The molecule has 2 heteroatoms. The highest BCUT2D eigenvalue weighted by atomic mass is 32.1. The van der Waals surface area contributed by atoms with Crippen LogP contribution in [0.5, 0.6) is 0 Å². The van der Waals surface area contributed by atoms with E-state index in [2.05, 4.69) is 34.5 Å². The Labute approximate surface area is 65.8 Å². The molecule has 2 rings (SSSR count). The van der Waals surface area contributed by atoms with Gasteiger partial charge in [-0.15, -0.1) is 0 Å². The standard InChI is InChI=1S/C8H9NS/c10-5-9-8-4-6-1-2-7(8)3-6/h1-2,6-8H,3-4H2/t6-,7+,8?/m1/s1. The van der Waals surface area contributed by atoms with Gasteiger partial charge in [-0.2, -0.15) is 0 Å². The summed E-state index contributed by atoms with van der Waals surface area (Å²) in [5.41, 5.74) is 0. The number of aliphatic imine (C=N–C) groups is 1. The van der Waals surface area contributed by atoms with Crippen molar-refractivity contribution < 1.29 is 0 Å². The van der Waals surface area contributed by atoms with Gasteiger partial charge >= 0.3 is 0 Å². The zero-order chi connectivity index (χ0) is 6.97. The van der Waals surface area contributed by atoms with Crippen LogP contribution in [0.2, 0.25) is 0 Å². The van der Waals surface area contributed by atoms with E-state index in [0.29, 0.717) is 12.0 Å². The lowest BCUT2D eigenvalue weighted by atomic mass is 10.0. The second-order valence-electron chi connectivity index (χ2n) is 3.07. The summed E-state index contributed by atoms with van der Waals surface area (Å²) in [6.07, 6.45) is 7.07. The van der Waals surface area contributed by atoms with Gasteiger partial charge in [-0.25, -0.2) is 4.99 Å². The van der Waals surface area contributed by atoms with Crippen LogP contribution in [0, 0.1) is 11.8 Å². The van der Waals surface area contributed by atoms with E-state index in [9.17, 15) is 0 Å². The van der Waals surface area contributed by atoms with Gasteiger partial charge in [0.1, 0.15) is 0 Å². The first kappa shape index (κ1) is 6.26. The molecule has 0 aromatic carbocycles. The van der Waals surface area contributed by atoms with Crippen molar-refractivity contribution >= 4 is 17.4 Å². The molecule has 0 spiro atoms. The highest BCUT2D eigenvalue weighted by Gasteiger charge is 2.35. The van der Waals surface area contributed by atoms with Crippen molar-refractivity contribution in [3.63, 3.8) is 0 Å². The first-order chi connectivity index (χ1) is 4.90. The first-order valence-corrected chi connectivity index (χ1v) is 4.06. The molecule has 0 aliphatic heterocycles. The van der Waals surface area contributed by atoms with E-state index in [1.54, 1.807) is 0 Å². The van der Waals surface area contributed by atoms with Gasteiger partial charge in [-0.05, 0) is 31.0 Å². The Hall–Kier alpha value is -0.460. The minimum absolute atomic E-state index is 0.465. The smallest absolute Gasteiger partial charge is 0.0671 e. The summed E-state index contributed by atoms with van der Waals surface area (Å²) in [5.74, 6) is 1.47. The van der Waals surface area contributed by atoms with Crippen LogP contribution in [-0.4, -0.2) is 11.2 Å². The second-order valence-corrected chi connectivity index (χ2v) is 3.25. The van der Waals surface area contributed by atoms with Crippen LogP contribution in [0.15, 0.2) is 17.1 Å². The average molecular weight is 151 g/mol. The molecule has 1 fully saturated rings. The predicted octanol–water partition coefficient (Wildman–Crippen LogP) is 2.05.